The molecule has 0 radical (unpaired) electrons. The van der Waals surface area contributed by atoms with Crippen molar-refractivity contribution in [1.29, 1.82) is 0 Å². The van der Waals surface area contributed by atoms with Crippen LogP contribution in [-0.2, 0) is 28.3 Å². The number of halogens is 2. The maximum atomic E-state index is 13.5. The van der Waals surface area contributed by atoms with Gasteiger partial charge in [-0.15, -0.1) is 11.8 Å². The van der Waals surface area contributed by atoms with E-state index in [0.29, 0.717) is 27.8 Å². The van der Waals surface area contributed by atoms with Gasteiger partial charge in [-0.05, 0) is 23.3 Å². The van der Waals surface area contributed by atoms with Gasteiger partial charge in [-0.1, -0.05) is 89.9 Å². The summed E-state index contributed by atoms with van der Waals surface area (Å²) >= 11 is 14.3. The predicted molar refractivity (Wildman–Crippen MR) is 138 cm³/mol. The maximum absolute atomic E-state index is 13.5. The van der Waals surface area contributed by atoms with Crippen LogP contribution in [0.3, 0.4) is 0 Å². The standard InChI is InChI=1S/C26H26Cl2N2O2S/c1-29-26(32)24(15-19-9-4-2-5-10-19)30(16-21-22(27)13-8-14-23(21)28)25(31)18-33-17-20-11-6-3-7-12-20/h2-14,24H,15-18H2,1H3,(H,29,32)/t24-/m0/s1. The summed E-state index contributed by atoms with van der Waals surface area (Å²) in [5.41, 5.74) is 2.73. The highest BCUT2D eigenvalue weighted by Crippen LogP contribution is 2.27. The molecule has 2 amide bonds. The quantitative estimate of drug-likeness (QED) is 0.393. The highest BCUT2D eigenvalue weighted by Gasteiger charge is 2.30. The fourth-order valence-electron chi connectivity index (χ4n) is 3.49. The van der Waals surface area contributed by atoms with Gasteiger partial charge in [-0.25, -0.2) is 0 Å². The number of benzene rings is 3. The maximum Gasteiger partial charge on any atom is 0.242 e. The highest BCUT2D eigenvalue weighted by molar-refractivity contribution is 7.99. The van der Waals surface area contributed by atoms with Crippen LogP contribution in [0, 0.1) is 0 Å². The first-order valence-electron chi connectivity index (χ1n) is 10.6. The van der Waals surface area contributed by atoms with E-state index in [0.717, 1.165) is 11.1 Å². The van der Waals surface area contributed by atoms with E-state index in [1.807, 2.05) is 60.7 Å². The zero-order chi connectivity index (χ0) is 23.6. The van der Waals surface area contributed by atoms with E-state index in [9.17, 15) is 9.59 Å². The number of amides is 2. The van der Waals surface area contributed by atoms with Crippen LogP contribution in [0.25, 0.3) is 0 Å². The summed E-state index contributed by atoms with van der Waals surface area (Å²) in [4.78, 5) is 28.0. The topological polar surface area (TPSA) is 49.4 Å². The molecule has 33 heavy (non-hydrogen) atoms. The Labute approximate surface area is 209 Å². The van der Waals surface area contributed by atoms with E-state index in [1.54, 1.807) is 30.1 Å². The second-order valence-corrected chi connectivity index (χ2v) is 9.32. The van der Waals surface area contributed by atoms with Gasteiger partial charge >= 0.3 is 0 Å². The Morgan fingerprint density at radius 2 is 1.45 bits per heavy atom. The van der Waals surface area contributed by atoms with Gasteiger partial charge in [-0.2, -0.15) is 0 Å². The molecule has 0 spiro atoms. The molecule has 7 heteroatoms. The molecule has 0 bridgehead atoms. The lowest BCUT2D eigenvalue weighted by Crippen LogP contribution is -2.50. The molecule has 0 unspecified atom stereocenters. The van der Waals surface area contributed by atoms with Gasteiger partial charge in [0.1, 0.15) is 6.04 Å². The normalized spacial score (nSPS) is 11.6. The van der Waals surface area contributed by atoms with Crippen molar-refractivity contribution in [3.05, 3.63) is 106 Å². The molecule has 1 N–H and O–H groups in total. The van der Waals surface area contributed by atoms with Crippen LogP contribution in [0.2, 0.25) is 10.0 Å². The Morgan fingerprint density at radius 1 is 0.879 bits per heavy atom. The Morgan fingerprint density at radius 3 is 2.03 bits per heavy atom. The molecule has 3 aromatic carbocycles. The molecule has 0 aromatic heterocycles. The number of rotatable bonds is 10. The fraction of sp³-hybridized carbons (Fsp3) is 0.231. The summed E-state index contributed by atoms with van der Waals surface area (Å²) in [6, 6.07) is 24.2. The smallest absolute Gasteiger partial charge is 0.242 e. The molecule has 0 aliphatic heterocycles. The first-order chi connectivity index (χ1) is 16.0. The van der Waals surface area contributed by atoms with Gasteiger partial charge in [0.2, 0.25) is 11.8 Å². The van der Waals surface area contributed by atoms with E-state index in [1.165, 1.54) is 11.8 Å². The fourth-order valence-corrected chi connectivity index (χ4v) is 4.88. The second kappa shape index (κ2) is 12.7. The minimum atomic E-state index is -0.699. The lowest BCUT2D eigenvalue weighted by molar-refractivity contribution is -0.139. The Hall–Kier alpha value is -2.47. The number of hydrogen-bond donors (Lipinski definition) is 1. The van der Waals surface area contributed by atoms with Crippen molar-refractivity contribution < 1.29 is 9.59 Å². The summed E-state index contributed by atoms with van der Waals surface area (Å²) in [6.45, 7) is 0.147. The number of nitrogens with zero attached hydrogens (tertiary/aromatic N) is 1. The third-order valence-corrected chi connectivity index (χ3v) is 6.94. The average Bonchev–Trinajstić information content (AvgIpc) is 2.83. The minimum absolute atomic E-state index is 0.142. The number of carbonyl (C=O) groups excluding carboxylic acids is 2. The number of thioether (sulfide) groups is 1. The monoisotopic (exact) mass is 500 g/mol. The molecule has 1 atom stereocenters. The van der Waals surface area contributed by atoms with Crippen molar-refractivity contribution in [2.24, 2.45) is 0 Å². The van der Waals surface area contributed by atoms with Gasteiger partial charge < -0.3 is 10.2 Å². The van der Waals surface area contributed by atoms with E-state index in [4.69, 9.17) is 23.2 Å². The molecule has 4 nitrogen and oxygen atoms in total. The SMILES string of the molecule is CNC(=O)[C@H](Cc1ccccc1)N(Cc1c(Cl)cccc1Cl)C(=O)CSCc1ccccc1. The summed E-state index contributed by atoms with van der Waals surface area (Å²) in [7, 11) is 1.58. The van der Waals surface area contributed by atoms with Gasteiger partial charge in [0.05, 0.1) is 5.75 Å². The molecule has 0 saturated heterocycles. The van der Waals surface area contributed by atoms with Crippen LogP contribution < -0.4 is 5.32 Å². The third kappa shape index (κ3) is 7.26. The molecule has 0 aliphatic rings. The van der Waals surface area contributed by atoms with Gasteiger partial charge in [0.25, 0.3) is 0 Å². The zero-order valence-electron chi connectivity index (χ0n) is 18.3. The van der Waals surface area contributed by atoms with Crippen molar-refractivity contribution in [3.8, 4) is 0 Å². The molecular formula is C26H26Cl2N2O2S. The Kier molecular flexibility index (Phi) is 9.67. The van der Waals surface area contributed by atoms with E-state index in [-0.39, 0.29) is 24.1 Å². The average molecular weight is 501 g/mol. The van der Waals surface area contributed by atoms with E-state index >= 15 is 0 Å². The molecule has 0 aliphatic carbocycles. The molecule has 172 valence electrons. The zero-order valence-corrected chi connectivity index (χ0v) is 20.7. The lowest BCUT2D eigenvalue weighted by atomic mass is 10.0. The minimum Gasteiger partial charge on any atom is -0.357 e. The largest absolute Gasteiger partial charge is 0.357 e. The van der Waals surface area contributed by atoms with Crippen LogP contribution in [0.5, 0.6) is 0 Å². The summed E-state index contributed by atoms with van der Waals surface area (Å²) < 4.78 is 0. The van der Waals surface area contributed by atoms with Crippen LogP contribution in [-0.4, -0.2) is 35.6 Å². The predicted octanol–water partition coefficient (Wildman–Crippen LogP) is 5.61. The van der Waals surface area contributed by atoms with Crippen molar-refractivity contribution in [1.82, 2.24) is 10.2 Å². The highest BCUT2D eigenvalue weighted by atomic mass is 35.5. The van der Waals surface area contributed by atoms with Crippen molar-refractivity contribution in [3.63, 3.8) is 0 Å². The van der Waals surface area contributed by atoms with Crippen LogP contribution in [0.4, 0.5) is 0 Å². The summed E-state index contributed by atoms with van der Waals surface area (Å²) in [5.74, 6) is 0.565. The molecule has 0 saturated carbocycles. The van der Waals surface area contributed by atoms with Crippen molar-refractivity contribution in [2.75, 3.05) is 12.8 Å². The van der Waals surface area contributed by atoms with Crippen molar-refractivity contribution in [2.45, 2.75) is 24.8 Å². The third-order valence-electron chi connectivity index (χ3n) is 5.24. The van der Waals surface area contributed by atoms with E-state index in [2.05, 4.69) is 5.32 Å². The molecular weight excluding hydrogens is 475 g/mol. The first-order valence-corrected chi connectivity index (χ1v) is 12.5. The van der Waals surface area contributed by atoms with Crippen LogP contribution in [0.1, 0.15) is 16.7 Å². The molecule has 3 rings (SSSR count). The molecule has 0 fully saturated rings. The Bertz CT molecular complexity index is 1040. The molecule has 3 aromatic rings. The summed E-state index contributed by atoms with van der Waals surface area (Å²) in [6.07, 6.45) is 0.387. The van der Waals surface area contributed by atoms with Gasteiger partial charge in [0, 0.05) is 41.4 Å². The number of carbonyl (C=O) groups is 2. The second-order valence-electron chi connectivity index (χ2n) is 7.52. The number of nitrogens with one attached hydrogen (secondary N) is 1. The van der Waals surface area contributed by atoms with Gasteiger partial charge in [0.15, 0.2) is 0 Å². The van der Waals surface area contributed by atoms with E-state index < -0.39 is 6.04 Å². The van der Waals surface area contributed by atoms with Gasteiger partial charge in [-0.3, -0.25) is 9.59 Å². The Balaban J connectivity index is 1.86. The van der Waals surface area contributed by atoms with Crippen molar-refractivity contribution >= 4 is 46.8 Å². The van der Waals surface area contributed by atoms with Crippen LogP contribution in [0.15, 0.2) is 78.9 Å². The number of hydrogen-bond acceptors (Lipinski definition) is 3. The summed E-state index contributed by atoms with van der Waals surface area (Å²) in [5, 5.41) is 3.64. The first kappa shape index (κ1) is 25.2. The number of likely N-dealkylation sites (N-methyl/N-ethyl adjacent to an activating group) is 1. The van der Waals surface area contributed by atoms with Crippen LogP contribution >= 0.6 is 35.0 Å². The lowest BCUT2D eigenvalue weighted by Gasteiger charge is -2.31. The molecule has 0 heterocycles.